The van der Waals surface area contributed by atoms with Crippen molar-refractivity contribution in [2.45, 2.75) is 51.4 Å². The Morgan fingerprint density at radius 3 is 2.44 bits per heavy atom. The predicted molar refractivity (Wildman–Crippen MR) is 64.0 cm³/mol. The van der Waals surface area contributed by atoms with E-state index in [1.807, 2.05) is 0 Å². The minimum absolute atomic E-state index is 0.186. The van der Waals surface area contributed by atoms with E-state index in [1.54, 1.807) is 20.8 Å². The van der Waals surface area contributed by atoms with Crippen molar-refractivity contribution in [3.63, 3.8) is 0 Å². The summed E-state index contributed by atoms with van der Waals surface area (Å²) in [7, 11) is 1.26. The molecule has 1 amide bonds. The lowest BCUT2D eigenvalue weighted by atomic mass is 10.00. The van der Waals surface area contributed by atoms with Crippen LogP contribution in [0.2, 0.25) is 0 Å². The van der Waals surface area contributed by atoms with Crippen LogP contribution in [0.4, 0.5) is 4.79 Å². The Balaban J connectivity index is 2.77. The quantitative estimate of drug-likeness (QED) is 0.709. The lowest BCUT2D eigenvalue weighted by Crippen LogP contribution is -2.53. The van der Waals surface area contributed by atoms with Crippen LogP contribution in [0, 0.1) is 0 Å². The second-order valence-electron chi connectivity index (χ2n) is 5.39. The summed E-state index contributed by atoms with van der Waals surface area (Å²) < 4.78 is 9.88. The van der Waals surface area contributed by atoms with Crippen LogP contribution >= 0.6 is 0 Å². The van der Waals surface area contributed by atoms with Crippen molar-refractivity contribution in [3.8, 4) is 0 Å². The molecule has 1 heterocycles. The second-order valence-corrected chi connectivity index (χ2v) is 5.39. The van der Waals surface area contributed by atoms with Gasteiger partial charge in [-0.2, -0.15) is 0 Å². The van der Waals surface area contributed by atoms with Crippen molar-refractivity contribution in [3.05, 3.63) is 0 Å². The Morgan fingerprint density at radius 1 is 1.33 bits per heavy atom. The zero-order valence-electron chi connectivity index (χ0n) is 11.3. The summed E-state index contributed by atoms with van der Waals surface area (Å²) in [6, 6.07) is -0.770. The predicted octanol–water partition coefficient (Wildman–Crippen LogP) is 0.920. The molecule has 0 bridgehead atoms. The van der Waals surface area contributed by atoms with E-state index in [9.17, 15) is 14.7 Å². The molecule has 2 atom stereocenters. The van der Waals surface area contributed by atoms with Crippen LogP contribution in [0.3, 0.4) is 0 Å². The van der Waals surface area contributed by atoms with Crippen LogP contribution < -0.4 is 0 Å². The molecule has 0 aromatic carbocycles. The zero-order chi connectivity index (χ0) is 13.9. The number of aliphatic hydroxyl groups is 1. The fraction of sp³-hybridized carbons (Fsp3) is 0.833. The molecule has 104 valence electrons. The van der Waals surface area contributed by atoms with Gasteiger partial charge in [-0.1, -0.05) is 0 Å². The molecule has 0 saturated carbocycles. The van der Waals surface area contributed by atoms with E-state index >= 15 is 0 Å². The number of nitrogens with zero attached hydrogens (tertiary/aromatic N) is 1. The first kappa shape index (κ1) is 14.8. The van der Waals surface area contributed by atoms with Crippen molar-refractivity contribution in [1.82, 2.24) is 4.90 Å². The number of amides is 1. The van der Waals surface area contributed by atoms with Crippen LogP contribution in [0.15, 0.2) is 0 Å². The first-order chi connectivity index (χ1) is 8.24. The Morgan fingerprint density at radius 2 is 1.94 bits per heavy atom. The highest BCUT2D eigenvalue weighted by atomic mass is 16.6. The van der Waals surface area contributed by atoms with E-state index in [1.165, 1.54) is 12.0 Å². The number of hydrogen-bond acceptors (Lipinski definition) is 5. The molecule has 0 aromatic rings. The van der Waals surface area contributed by atoms with Gasteiger partial charge >= 0.3 is 12.1 Å². The van der Waals surface area contributed by atoms with E-state index in [4.69, 9.17) is 4.74 Å². The summed E-state index contributed by atoms with van der Waals surface area (Å²) in [5.74, 6) is -0.528. The largest absolute Gasteiger partial charge is 0.467 e. The molecule has 0 aromatic heterocycles. The molecule has 1 aliphatic heterocycles. The molecule has 18 heavy (non-hydrogen) atoms. The minimum Gasteiger partial charge on any atom is -0.467 e. The van der Waals surface area contributed by atoms with Gasteiger partial charge in [0.15, 0.2) is 0 Å². The van der Waals surface area contributed by atoms with Crippen LogP contribution in [0.1, 0.15) is 33.6 Å². The van der Waals surface area contributed by atoms with Gasteiger partial charge in [0, 0.05) is 13.0 Å². The Kier molecular flexibility index (Phi) is 4.56. The number of methoxy groups -OCH3 is 1. The summed E-state index contributed by atoms with van der Waals surface area (Å²) in [6.07, 6.45) is -0.517. The number of carbonyl (C=O) groups excluding carboxylic acids is 2. The monoisotopic (exact) mass is 259 g/mol. The van der Waals surface area contributed by atoms with Crippen molar-refractivity contribution in [2.75, 3.05) is 13.7 Å². The molecule has 6 nitrogen and oxygen atoms in total. The summed E-state index contributed by atoms with van der Waals surface area (Å²) in [5.41, 5.74) is -0.617. The van der Waals surface area contributed by atoms with Gasteiger partial charge in [-0.05, 0) is 27.2 Å². The molecule has 0 radical (unpaired) electrons. The van der Waals surface area contributed by atoms with E-state index in [0.717, 1.165) is 0 Å². The fourth-order valence-electron chi connectivity index (χ4n) is 1.85. The second kappa shape index (κ2) is 5.56. The smallest absolute Gasteiger partial charge is 0.411 e. The van der Waals surface area contributed by atoms with Crippen LogP contribution in [0.5, 0.6) is 0 Å². The number of piperidine rings is 1. The van der Waals surface area contributed by atoms with Gasteiger partial charge < -0.3 is 14.6 Å². The number of ether oxygens (including phenoxy) is 2. The normalized spacial score (nSPS) is 24.6. The maximum absolute atomic E-state index is 12.0. The molecule has 0 aliphatic carbocycles. The van der Waals surface area contributed by atoms with Crippen molar-refractivity contribution >= 4 is 12.1 Å². The highest BCUT2D eigenvalue weighted by Gasteiger charge is 2.38. The standard InChI is InChI=1S/C12H21NO5/c1-12(2,3)18-11(16)13-6-5-8(14)7-9(13)10(15)17-4/h8-9,14H,5-7H2,1-4H3/t8?,9-/m0/s1. The molecular formula is C12H21NO5. The van der Waals surface area contributed by atoms with Crippen molar-refractivity contribution in [2.24, 2.45) is 0 Å². The average molecular weight is 259 g/mol. The lowest BCUT2D eigenvalue weighted by Gasteiger charge is -2.36. The SMILES string of the molecule is COC(=O)[C@@H]1CC(O)CCN1C(=O)OC(C)(C)C. The Bertz CT molecular complexity index is 323. The van der Waals surface area contributed by atoms with Gasteiger partial charge in [-0.15, -0.1) is 0 Å². The van der Waals surface area contributed by atoms with Gasteiger partial charge in [0.1, 0.15) is 11.6 Å². The maximum Gasteiger partial charge on any atom is 0.411 e. The third kappa shape index (κ3) is 3.87. The topological polar surface area (TPSA) is 76.1 Å². The molecule has 1 rings (SSSR count). The third-order valence-electron chi connectivity index (χ3n) is 2.68. The summed E-state index contributed by atoms with van der Waals surface area (Å²) in [5, 5.41) is 9.57. The van der Waals surface area contributed by atoms with Crippen molar-refractivity contribution < 1.29 is 24.2 Å². The summed E-state index contributed by atoms with van der Waals surface area (Å²) in [6.45, 7) is 5.57. The minimum atomic E-state index is -0.770. The molecule has 1 fully saturated rings. The lowest BCUT2D eigenvalue weighted by molar-refractivity contribution is -0.149. The number of esters is 1. The molecule has 6 heteroatoms. The molecule has 1 N–H and O–H groups in total. The first-order valence-electron chi connectivity index (χ1n) is 6.00. The third-order valence-corrected chi connectivity index (χ3v) is 2.68. The number of aliphatic hydroxyl groups excluding tert-OH is 1. The molecule has 1 saturated heterocycles. The summed E-state index contributed by atoms with van der Waals surface area (Å²) in [4.78, 5) is 24.9. The summed E-state index contributed by atoms with van der Waals surface area (Å²) >= 11 is 0. The number of rotatable bonds is 1. The number of carbonyl (C=O) groups is 2. The number of hydrogen-bond donors (Lipinski definition) is 1. The molecule has 1 aliphatic rings. The first-order valence-corrected chi connectivity index (χ1v) is 6.00. The Labute approximate surface area is 107 Å². The number of likely N-dealkylation sites (tertiary alicyclic amines) is 1. The van der Waals surface area contributed by atoms with E-state index in [-0.39, 0.29) is 13.0 Å². The van der Waals surface area contributed by atoms with Crippen LogP contribution in [0.25, 0.3) is 0 Å². The van der Waals surface area contributed by atoms with Crippen molar-refractivity contribution in [1.29, 1.82) is 0 Å². The van der Waals surface area contributed by atoms with E-state index in [0.29, 0.717) is 6.42 Å². The fourth-order valence-corrected chi connectivity index (χ4v) is 1.85. The van der Waals surface area contributed by atoms with Crippen LogP contribution in [-0.4, -0.2) is 53.5 Å². The molecular weight excluding hydrogens is 238 g/mol. The van der Waals surface area contributed by atoms with Gasteiger partial charge in [0.25, 0.3) is 0 Å². The van der Waals surface area contributed by atoms with Gasteiger partial charge in [-0.3, -0.25) is 4.90 Å². The Hall–Kier alpha value is -1.30. The van der Waals surface area contributed by atoms with Gasteiger partial charge in [-0.25, -0.2) is 9.59 Å². The maximum atomic E-state index is 12.0. The molecule has 0 spiro atoms. The highest BCUT2D eigenvalue weighted by Crippen LogP contribution is 2.21. The van der Waals surface area contributed by atoms with Gasteiger partial charge in [0.05, 0.1) is 13.2 Å². The highest BCUT2D eigenvalue weighted by molar-refractivity contribution is 5.81. The average Bonchev–Trinajstić information content (AvgIpc) is 2.25. The van der Waals surface area contributed by atoms with Crippen LogP contribution in [-0.2, 0) is 14.3 Å². The van der Waals surface area contributed by atoms with E-state index in [2.05, 4.69) is 4.74 Å². The van der Waals surface area contributed by atoms with Gasteiger partial charge in [0.2, 0.25) is 0 Å². The van der Waals surface area contributed by atoms with E-state index < -0.39 is 29.8 Å². The zero-order valence-corrected chi connectivity index (χ0v) is 11.3. The molecule has 1 unspecified atom stereocenters.